The molecule has 1 heterocycles. The average Bonchev–Trinajstić information content (AvgIpc) is 3.24. The van der Waals surface area contributed by atoms with E-state index in [2.05, 4.69) is 29.4 Å². The fourth-order valence-corrected chi connectivity index (χ4v) is 2.69. The topological polar surface area (TPSA) is 34.1 Å². The maximum Gasteiger partial charge on any atom is 0.213 e. The van der Waals surface area contributed by atoms with Gasteiger partial charge in [-0.25, -0.2) is 4.98 Å². The minimum absolute atomic E-state index is 0.371. The lowest BCUT2D eigenvalue weighted by atomic mass is 9.89. The van der Waals surface area contributed by atoms with Crippen LogP contribution in [0.5, 0.6) is 5.88 Å². The van der Waals surface area contributed by atoms with Crippen LogP contribution in [0, 0.1) is 5.92 Å². The van der Waals surface area contributed by atoms with Crippen LogP contribution in [-0.4, -0.2) is 17.1 Å². The largest absolute Gasteiger partial charge is 0.474 e. The highest BCUT2D eigenvalue weighted by Crippen LogP contribution is 2.26. The lowest BCUT2D eigenvalue weighted by molar-refractivity contribution is 0.130. The van der Waals surface area contributed by atoms with Gasteiger partial charge in [0.05, 0.1) is 0 Å². The van der Waals surface area contributed by atoms with Crippen molar-refractivity contribution < 1.29 is 4.74 Å². The van der Waals surface area contributed by atoms with Crippen LogP contribution in [0.15, 0.2) is 18.3 Å². The molecule has 2 saturated carbocycles. The zero-order chi connectivity index (χ0) is 13.1. The van der Waals surface area contributed by atoms with Gasteiger partial charge in [-0.3, -0.25) is 0 Å². The maximum absolute atomic E-state index is 6.03. The Morgan fingerprint density at radius 1 is 1.21 bits per heavy atom. The van der Waals surface area contributed by atoms with Crippen LogP contribution in [0.25, 0.3) is 0 Å². The average molecular weight is 260 g/mol. The highest BCUT2D eigenvalue weighted by molar-refractivity contribution is 5.20. The first-order valence-electron chi connectivity index (χ1n) is 7.64. The Balaban J connectivity index is 1.53. The zero-order valence-corrected chi connectivity index (χ0v) is 11.8. The van der Waals surface area contributed by atoms with Crippen LogP contribution in [0.1, 0.15) is 51.0 Å². The molecule has 2 aliphatic carbocycles. The van der Waals surface area contributed by atoms with Gasteiger partial charge in [-0.1, -0.05) is 6.92 Å². The first-order valence-corrected chi connectivity index (χ1v) is 7.64. The van der Waals surface area contributed by atoms with Crippen molar-refractivity contribution in [2.45, 2.75) is 64.1 Å². The summed E-state index contributed by atoms with van der Waals surface area (Å²) in [5, 5.41) is 3.53. The van der Waals surface area contributed by atoms with Crippen LogP contribution in [-0.2, 0) is 6.54 Å². The van der Waals surface area contributed by atoms with E-state index in [-0.39, 0.29) is 0 Å². The van der Waals surface area contributed by atoms with Crippen molar-refractivity contribution in [1.29, 1.82) is 0 Å². The summed E-state index contributed by atoms with van der Waals surface area (Å²) in [5.74, 6) is 1.66. The van der Waals surface area contributed by atoms with E-state index in [1.54, 1.807) is 0 Å². The second-order valence-corrected chi connectivity index (χ2v) is 6.16. The Morgan fingerprint density at radius 3 is 2.74 bits per heavy atom. The molecule has 0 amide bonds. The van der Waals surface area contributed by atoms with Gasteiger partial charge in [0.2, 0.25) is 5.88 Å². The molecule has 3 heteroatoms. The molecule has 1 N–H and O–H groups in total. The van der Waals surface area contributed by atoms with Gasteiger partial charge in [0.15, 0.2) is 0 Å². The summed E-state index contributed by atoms with van der Waals surface area (Å²) < 4.78 is 6.03. The highest BCUT2D eigenvalue weighted by Gasteiger charge is 2.21. The highest BCUT2D eigenvalue weighted by atomic mass is 16.5. The van der Waals surface area contributed by atoms with Crippen LogP contribution in [0.2, 0.25) is 0 Å². The monoisotopic (exact) mass is 260 g/mol. The van der Waals surface area contributed by atoms with Crippen molar-refractivity contribution in [2.75, 3.05) is 0 Å². The molecule has 1 aromatic heterocycles. The number of nitrogens with one attached hydrogen (secondary N) is 1. The van der Waals surface area contributed by atoms with E-state index < -0.39 is 0 Å². The van der Waals surface area contributed by atoms with Gasteiger partial charge in [0, 0.05) is 24.8 Å². The van der Waals surface area contributed by atoms with E-state index in [0.29, 0.717) is 6.10 Å². The van der Waals surface area contributed by atoms with Gasteiger partial charge >= 0.3 is 0 Å². The molecular formula is C16H24N2O. The van der Waals surface area contributed by atoms with E-state index in [0.717, 1.165) is 24.4 Å². The van der Waals surface area contributed by atoms with Gasteiger partial charge in [0.1, 0.15) is 6.10 Å². The van der Waals surface area contributed by atoms with Gasteiger partial charge < -0.3 is 10.1 Å². The third kappa shape index (κ3) is 3.93. The quantitative estimate of drug-likeness (QED) is 0.882. The van der Waals surface area contributed by atoms with Crippen molar-refractivity contribution in [3.05, 3.63) is 23.9 Å². The summed E-state index contributed by atoms with van der Waals surface area (Å²) in [5.41, 5.74) is 1.28. The number of nitrogens with zero attached hydrogens (tertiary/aromatic N) is 1. The van der Waals surface area contributed by atoms with Crippen molar-refractivity contribution in [1.82, 2.24) is 10.3 Å². The third-order valence-corrected chi connectivity index (χ3v) is 4.22. The Bertz CT molecular complexity index is 409. The number of pyridine rings is 1. The number of hydrogen-bond acceptors (Lipinski definition) is 3. The van der Waals surface area contributed by atoms with Crippen LogP contribution in [0.3, 0.4) is 0 Å². The molecule has 0 bridgehead atoms. The number of hydrogen-bond donors (Lipinski definition) is 1. The summed E-state index contributed by atoms with van der Waals surface area (Å²) in [4.78, 5) is 4.35. The van der Waals surface area contributed by atoms with Crippen LogP contribution >= 0.6 is 0 Å². The molecule has 0 aliphatic heterocycles. The molecule has 0 aromatic carbocycles. The normalized spacial score (nSPS) is 27.2. The van der Waals surface area contributed by atoms with Crippen LogP contribution < -0.4 is 10.1 Å². The Kier molecular flexibility index (Phi) is 4.02. The smallest absolute Gasteiger partial charge is 0.213 e. The minimum atomic E-state index is 0.371. The van der Waals surface area contributed by atoms with E-state index >= 15 is 0 Å². The molecular weight excluding hydrogens is 236 g/mol. The summed E-state index contributed by atoms with van der Waals surface area (Å²) in [6.45, 7) is 3.27. The fraction of sp³-hybridized carbons (Fsp3) is 0.688. The van der Waals surface area contributed by atoms with Crippen molar-refractivity contribution in [3.63, 3.8) is 0 Å². The van der Waals surface area contributed by atoms with Crippen molar-refractivity contribution in [3.8, 4) is 5.88 Å². The van der Waals surface area contributed by atoms with E-state index in [1.807, 2.05) is 6.20 Å². The summed E-state index contributed by atoms with van der Waals surface area (Å²) in [6, 6.07) is 4.91. The summed E-state index contributed by atoms with van der Waals surface area (Å²) in [6.07, 6.45) is 9.81. The first-order chi connectivity index (χ1) is 9.29. The fourth-order valence-electron chi connectivity index (χ4n) is 2.69. The predicted molar refractivity (Wildman–Crippen MR) is 76.1 cm³/mol. The molecule has 3 nitrogen and oxygen atoms in total. The molecule has 2 fully saturated rings. The minimum Gasteiger partial charge on any atom is -0.474 e. The molecule has 2 aliphatic rings. The third-order valence-electron chi connectivity index (χ3n) is 4.22. The second kappa shape index (κ2) is 5.91. The molecule has 1 aromatic rings. The molecule has 0 atom stereocenters. The van der Waals surface area contributed by atoms with Crippen LogP contribution in [0.4, 0.5) is 0 Å². The maximum atomic E-state index is 6.03. The van der Waals surface area contributed by atoms with Gasteiger partial charge in [-0.05, 0) is 56.1 Å². The molecule has 19 heavy (non-hydrogen) atoms. The number of rotatable bonds is 5. The Labute approximate surface area is 115 Å². The first kappa shape index (κ1) is 12.9. The SMILES string of the molecule is CC1CCC(Oc2cc(CNC3CC3)ccn2)CC1. The zero-order valence-electron chi connectivity index (χ0n) is 11.8. The second-order valence-electron chi connectivity index (χ2n) is 6.16. The lowest BCUT2D eigenvalue weighted by Gasteiger charge is -2.26. The van der Waals surface area contributed by atoms with E-state index in [9.17, 15) is 0 Å². The van der Waals surface area contributed by atoms with Gasteiger partial charge in [-0.15, -0.1) is 0 Å². The molecule has 0 radical (unpaired) electrons. The van der Waals surface area contributed by atoms with Gasteiger partial charge in [-0.2, -0.15) is 0 Å². The number of aromatic nitrogens is 1. The van der Waals surface area contributed by atoms with Crippen molar-refractivity contribution in [2.24, 2.45) is 5.92 Å². The van der Waals surface area contributed by atoms with Gasteiger partial charge in [0.25, 0.3) is 0 Å². The molecule has 0 saturated heterocycles. The summed E-state index contributed by atoms with van der Waals surface area (Å²) >= 11 is 0. The molecule has 3 rings (SSSR count). The molecule has 104 valence electrons. The standard InChI is InChI=1S/C16H24N2O/c1-12-2-6-15(7-3-12)19-16-10-13(8-9-17-16)11-18-14-4-5-14/h8-10,12,14-15,18H,2-7,11H2,1H3. The Morgan fingerprint density at radius 2 is 2.00 bits per heavy atom. The van der Waals surface area contributed by atoms with E-state index in [1.165, 1.54) is 44.1 Å². The lowest BCUT2D eigenvalue weighted by Crippen LogP contribution is -2.23. The molecule has 0 unspecified atom stereocenters. The Hall–Kier alpha value is -1.09. The predicted octanol–water partition coefficient (Wildman–Crippen LogP) is 3.29. The molecule has 0 spiro atoms. The van der Waals surface area contributed by atoms with Crippen molar-refractivity contribution >= 4 is 0 Å². The number of ether oxygens (including phenoxy) is 1. The van der Waals surface area contributed by atoms with E-state index in [4.69, 9.17) is 4.74 Å². The summed E-state index contributed by atoms with van der Waals surface area (Å²) in [7, 11) is 0.